The van der Waals surface area contributed by atoms with Gasteiger partial charge in [0.05, 0.1) is 22.4 Å². The first kappa shape index (κ1) is 19.9. The van der Waals surface area contributed by atoms with Crippen LogP contribution >= 0.6 is 23.6 Å². The number of esters is 1. The molecule has 28 heavy (non-hydrogen) atoms. The minimum absolute atomic E-state index is 0.159. The maximum atomic E-state index is 12.1. The molecular formula is C20H19N3O3S2. The normalized spacial score (nSPS) is 10.5. The maximum absolute atomic E-state index is 12.1. The molecule has 6 nitrogen and oxygen atoms in total. The monoisotopic (exact) mass is 413 g/mol. The maximum Gasteiger partial charge on any atom is 0.338 e. The Bertz CT molecular complexity index is 1000. The Morgan fingerprint density at radius 3 is 2.68 bits per heavy atom. The van der Waals surface area contributed by atoms with Gasteiger partial charge in [-0.1, -0.05) is 42.9 Å². The second kappa shape index (κ2) is 9.38. The highest BCUT2D eigenvalue weighted by atomic mass is 32.1. The van der Waals surface area contributed by atoms with E-state index in [9.17, 15) is 9.59 Å². The number of carbonyl (C=O) groups is 2. The third-order valence-corrected chi connectivity index (χ3v) is 4.98. The first-order chi connectivity index (χ1) is 13.6. The highest BCUT2D eigenvalue weighted by molar-refractivity contribution is 7.80. The summed E-state index contributed by atoms with van der Waals surface area (Å²) in [5.41, 5.74) is 1.73. The van der Waals surface area contributed by atoms with Gasteiger partial charge in [-0.25, -0.2) is 9.78 Å². The van der Waals surface area contributed by atoms with Crippen molar-refractivity contribution in [3.05, 3.63) is 59.7 Å². The van der Waals surface area contributed by atoms with Crippen molar-refractivity contribution in [2.45, 2.75) is 19.8 Å². The number of ether oxygens (including phenoxy) is 1. The Kier molecular flexibility index (Phi) is 6.67. The molecule has 0 atom stereocenters. The molecular weight excluding hydrogens is 394 g/mol. The van der Waals surface area contributed by atoms with Crippen molar-refractivity contribution in [1.29, 1.82) is 0 Å². The van der Waals surface area contributed by atoms with Crippen molar-refractivity contribution in [2.24, 2.45) is 0 Å². The molecule has 144 valence electrons. The molecule has 8 heteroatoms. The van der Waals surface area contributed by atoms with Crippen LogP contribution in [0.3, 0.4) is 0 Å². The summed E-state index contributed by atoms with van der Waals surface area (Å²) in [6.45, 7) is 2.46. The van der Waals surface area contributed by atoms with Crippen molar-refractivity contribution in [2.75, 3.05) is 11.9 Å². The summed E-state index contributed by atoms with van der Waals surface area (Å²) >= 11 is 6.53. The third-order valence-electron chi connectivity index (χ3n) is 3.84. The molecule has 0 bridgehead atoms. The zero-order valence-electron chi connectivity index (χ0n) is 15.2. The van der Waals surface area contributed by atoms with Crippen LogP contribution in [0.1, 0.15) is 40.5 Å². The number of thiocarbonyl (C=S) groups is 1. The summed E-state index contributed by atoms with van der Waals surface area (Å²) in [6, 6.07) is 14.0. The van der Waals surface area contributed by atoms with Crippen LogP contribution < -0.4 is 10.6 Å². The number of fused-ring (bicyclic) bond motifs is 1. The van der Waals surface area contributed by atoms with Gasteiger partial charge in [-0.2, -0.15) is 0 Å². The van der Waals surface area contributed by atoms with Gasteiger partial charge in [0, 0.05) is 5.56 Å². The first-order valence-electron chi connectivity index (χ1n) is 8.82. The van der Waals surface area contributed by atoms with Crippen LogP contribution in [0.5, 0.6) is 0 Å². The number of benzene rings is 2. The molecule has 0 radical (unpaired) electrons. The van der Waals surface area contributed by atoms with E-state index in [-0.39, 0.29) is 17.0 Å². The van der Waals surface area contributed by atoms with E-state index in [4.69, 9.17) is 17.0 Å². The lowest BCUT2D eigenvalue weighted by molar-refractivity contribution is 0.0500. The van der Waals surface area contributed by atoms with E-state index < -0.39 is 0 Å². The number of aromatic nitrogens is 1. The molecule has 3 aromatic rings. The van der Waals surface area contributed by atoms with Crippen LogP contribution in [0.25, 0.3) is 10.2 Å². The Morgan fingerprint density at radius 2 is 1.93 bits per heavy atom. The number of carbonyl (C=O) groups excluding carboxylic acids is 2. The minimum Gasteiger partial charge on any atom is -0.462 e. The third kappa shape index (κ3) is 5.11. The fourth-order valence-electron chi connectivity index (χ4n) is 2.39. The standard InChI is InChI=1S/C20H19N3O3S2/c1-2-3-11-26-18(25)14-9-10-15-16(12-14)28-20(21-15)23-19(27)22-17(24)13-7-5-4-6-8-13/h4-10,12H,2-3,11H2,1H3,(H2,21,22,23,24,27). The van der Waals surface area contributed by atoms with Crippen molar-refractivity contribution < 1.29 is 14.3 Å². The minimum atomic E-state index is -0.344. The molecule has 0 unspecified atom stereocenters. The second-order valence-electron chi connectivity index (χ2n) is 5.97. The molecule has 2 aromatic carbocycles. The summed E-state index contributed by atoms with van der Waals surface area (Å²) < 4.78 is 6.06. The van der Waals surface area contributed by atoms with E-state index in [1.165, 1.54) is 11.3 Å². The van der Waals surface area contributed by atoms with Gasteiger partial charge in [-0.05, 0) is 49.0 Å². The molecule has 0 spiro atoms. The molecule has 1 heterocycles. The molecule has 0 saturated carbocycles. The Hall–Kier alpha value is -2.84. The summed E-state index contributed by atoms with van der Waals surface area (Å²) in [5.74, 6) is -0.639. The number of hydrogen-bond acceptors (Lipinski definition) is 6. The number of anilines is 1. The van der Waals surface area contributed by atoms with E-state index in [2.05, 4.69) is 15.6 Å². The number of nitrogens with one attached hydrogen (secondary N) is 2. The molecule has 0 fully saturated rings. The molecule has 0 saturated heterocycles. The fraction of sp³-hybridized carbons (Fsp3) is 0.200. The summed E-state index contributed by atoms with van der Waals surface area (Å²) in [5, 5.41) is 6.23. The zero-order chi connectivity index (χ0) is 19.9. The van der Waals surface area contributed by atoms with Crippen LogP contribution in [0.2, 0.25) is 0 Å². The van der Waals surface area contributed by atoms with Crippen LogP contribution in [0.4, 0.5) is 5.13 Å². The average Bonchev–Trinajstić information content (AvgIpc) is 3.09. The number of rotatable bonds is 6. The van der Waals surface area contributed by atoms with Gasteiger partial charge in [0.25, 0.3) is 5.91 Å². The van der Waals surface area contributed by atoms with Gasteiger partial charge in [0.15, 0.2) is 10.2 Å². The van der Waals surface area contributed by atoms with E-state index >= 15 is 0 Å². The largest absolute Gasteiger partial charge is 0.462 e. The molecule has 1 amide bonds. The fourth-order valence-corrected chi connectivity index (χ4v) is 3.55. The topological polar surface area (TPSA) is 80.3 Å². The Morgan fingerprint density at radius 1 is 1.14 bits per heavy atom. The molecule has 1 aromatic heterocycles. The second-order valence-corrected chi connectivity index (χ2v) is 7.40. The summed E-state index contributed by atoms with van der Waals surface area (Å²) in [6.07, 6.45) is 1.81. The first-order valence-corrected chi connectivity index (χ1v) is 10.0. The number of unbranched alkanes of at least 4 members (excludes halogenated alkanes) is 1. The lowest BCUT2D eigenvalue weighted by Crippen LogP contribution is -2.34. The van der Waals surface area contributed by atoms with Gasteiger partial charge in [0.2, 0.25) is 0 Å². The molecule has 0 aliphatic carbocycles. The lowest BCUT2D eigenvalue weighted by Gasteiger charge is -2.06. The molecule has 3 rings (SSSR count). The predicted octanol–water partition coefficient (Wildman–Crippen LogP) is 4.38. The predicted molar refractivity (Wildman–Crippen MR) is 115 cm³/mol. The van der Waals surface area contributed by atoms with E-state index in [1.54, 1.807) is 42.5 Å². The number of amides is 1. The van der Waals surface area contributed by atoms with E-state index in [0.717, 1.165) is 23.1 Å². The highest BCUT2D eigenvalue weighted by Gasteiger charge is 2.12. The number of thiazole rings is 1. The van der Waals surface area contributed by atoms with Crippen molar-refractivity contribution >= 4 is 55.9 Å². The Labute approximate surface area is 171 Å². The number of hydrogen-bond donors (Lipinski definition) is 2. The van der Waals surface area contributed by atoms with Crippen LogP contribution in [-0.4, -0.2) is 28.6 Å². The number of nitrogens with zero attached hydrogens (tertiary/aromatic N) is 1. The van der Waals surface area contributed by atoms with Gasteiger partial charge in [-0.3, -0.25) is 10.1 Å². The smallest absolute Gasteiger partial charge is 0.338 e. The SMILES string of the molecule is CCCCOC(=O)c1ccc2nc(NC(=S)NC(=O)c3ccccc3)sc2c1. The van der Waals surface area contributed by atoms with E-state index in [0.29, 0.717) is 22.9 Å². The van der Waals surface area contributed by atoms with Crippen molar-refractivity contribution in [1.82, 2.24) is 10.3 Å². The van der Waals surface area contributed by atoms with Gasteiger partial charge < -0.3 is 10.1 Å². The lowest BCUT2D eigenvalue weighted by atomic mass is 10.2. The summed E-state index contributed by atoms with van der Waals surface area (Å²) in [4.78, 5) is 28.6. The van der Waals surface area contributed by atoms with Gasteiger partial charge >= 0.3 is 5.97 Å². The Balaban J connectivity index is 1.64. The molecule has 0 aliphatic rings. The van der Waals surface area contributed by atoms with Crippen LogP contribution in [0, 0.1) is 0 Å². The quantitative estimate of drug-likeness (QED) is 0.355. The van der Waals surface area contributed by atoms with Crippen LogP contribution in [0.15, 0.2) is 48.5 Å². The van der Waals surface area contributed by atoms with Gasteiger partial charge in [-0.15, -0.1) is 0 Å². The molecule has 2 N–H and O–H groups in total. The van der Waals surface area contributed by atoms with E-state index in [1.807, 2.05) is 13.0 Å². The van der Waals surface area contributed by atoms with Crippen LogP contribution in [-0.2, 0) is 4.74 Å². The van der Waals surface area contributed by atoms with Crippen molar-refractivity contribution in [3.8, 4) is 0 Å². The van der Waals surface area contributed by atoms with Crippen molar-refractivity contribution in [3.63, 3.8) is 0 Å². The molecule has 0 aliphatic heterocycles. The average molecular weight is 414 g/mol. The zero-order valence-corrected chi connectivity index (χ0v) is 16.9. The highest BCUT2D eigenvalue weighted by Crippen LogP contribution is 2.27. The van der Waals surface area contributed by atoms with Gasteiger partial charge in [0.1, 0.15) is 0 Å². The summed E-state index contributed by atoms with van der Waals surface area (Å²) in [7, 11) is 0.